The summed E-state index contributed by atoms with van der Waals surface area (Å²) in [6.07, 6.45) is 1.96. The van der Waals surface area contributed by atoms with Gasteiger partial charge in [0.15, 0.2) is 0 Å². The number of pyridine rings is 1. The van der Waals surface area contributed by atoms with E-state index in [2.05, 4.69) is 9.97 Å². The fourth-order valence-electron chi connectivity index (χ4n) is 2.98. The van der Waals surface area contributed by atoms with E-state index in [-0.39, 0.29) is 27.0 Å². The predicted molar refractivity (Wildman–Crippen MR) is 111 cm³/mol. The molecule has 0 spiro atoms. The molecule has 0 aliphatic carbocycles. The summed E-state index contributed by atoms with van der Waals surface area (Å²) in [5, 5.41) is 3.28. The molecule has 6 nitrogen and oxygen atoms in total. The van der Waals surface area contributed by atoms with Crippen molar-refractivity contribution in [3.63, 3.8) is 0 Å². The molecule has 4 rings (SSSR count). The molecule has 2 aromatic heterocycles. The van der Waals surface area contributed by atoms with Gasteiger partial charge in [0.25, 0.3) is 16.4 Å². The molecule has 0 fully saturated rings. The first-order chi connectivity index (χ1) is 14.4. The number of ether oxygens (including phenoxy) is 1. The molecule has 0 aliphatic heterocycles. The second-order valence-electron chi connectivity index (χ2n) is 6.20. The van der Waals surface area contributed by atoms with E-state index in [4.69, 9.17) is 4.74 Å². The first kappa shape index (κ1) is 20.2. The van der Waals surface area contributed by atoms with Gasteiger partial charge in [-0.25, -0.2) is 26.5 Å². The molecule has 10 heteroatoms. The quantitative estimate of drug-likeness (QED) is 0.408. The standard InChI is InChI=1S/C20H15F2N3O3S2/c1-28-18-11-14(19(21)22)3-5-17(18)25(20-24-8-9-29-20)30(26,27)16-4-2-15-12-23-7-6-13(15)10-16/h2-12,19H,1H3. The second kappa shape index (κ2) is 7.96. The average Bonchev–Trinajstić information content (AvgIpc) is 3.27. The van der Waals surface area contributed by atoms with Crippen molar-refractivity contribution in [2.24, 2.45) is 0 Å². The van der Waals surface area contributed by atoms with Gasteiger partial charge in [0.2, 0.25) is 5.13 Å². The van der Waals surface area contributed by atoms with Crippen LogP contribution in [0.4, 0.5) is 19.6 Å². The number of rotatable bonds is 6. The summed E-state index contributed by atoms with van der Waals surface area (Å²) in [5.41, 5.74) is -0.183. The number of fused-ring (bicyclic) bond motifs is 1. The van der Waals surface area contributed by atoms with Gasteiger partial charge in [-0.3, -0.25) is 4.98 Å². The van der Waals surface area contributed by atoms with Crippen LogP contribution >= 0.6 is 11.3 Å². The number of methoxy groups -OCH3 is 1. The molecule has 0 atom stereocenters. The maximum absolute atomic E-state index is 13.6. The van der Waals surface area contributed by atoms with Crippen LogP contribution in [0.5, 0.6) is 5.75 Å². The molecule has 30 heavy (non-hydrogen) atoms. The lowest BCUT2D eigenvalue weighted by Crippen LogP contribution is -2.26. The molecular weight excluding hydrogens is 432 g/mol. The van der Waals surface area contributed by atoms with Crippen molar-refractivity contribution in [1.29, 1.82) is 0 Å². The molecule has 2 aromatic carbocycles. The molecule has 0 amide bonds. The Labute approximate surface area is 175 Å². The summed E-state index contributed by atoms with van der Waals surface area (Å²) in [7, 11) is -2.85. The Hall–Kier alpha value is -3.11. The number of sulfonamides is 1. The fourth-order valence-corrected chi connectivity index (χ4v) is 5.35. The minimum Gasteiger partial charge on any atom is -0.495 e. The minimum atomic E-state index is -4.14. The van der Waals surface area contributed by atoms with Crippen LogP contribution in [0.2, 0.25) is 0 Å². The van der Waals surface area contributed by atoms with E-state index >= 15 is 0 Å². The van der Waals surface area contributed by atoms with Crippen molar-refractivity contribution in [3.8, 4) is 5.75 Å². The van der Waals surface area contributed by atoms with Gasteiger partial charge < -0.3 is 4.74 Å². The number of halogens is 2. The fraction of sp³-hybridized carbons (Fsp3) is 0.100. The van der Waals surface area contributed by atoms with Gasteiger partial charge in [-0.2, -0.15) is 0 Å². The van der Waals surface area contributed by atoms with Crippen molar-refractivity contribution in [1.82, 2.24) is 9.97 Å². The molecule has 154 valence electrons. The number of anilines is 2. The Morgan fingerprint density at radius 3 is 2.60 bits per heavy atom. The summed E-state index contributed by atoms with van der Waals surface area (Å²) >= 11 is 1.10. The van der Waals surface area contributed by atoms with E-state index in [1.807, 2.05) is 0 Å². The summed E-state index contributed by atoms with van der Waals surface area (Å²) < 4.78 is 59.8. The zero-order chi connectivity index (χ0) is 21.3. The van der Waals surface area contributed by atoms with Crippen LogP contribution < -0.4 is 9.04 Å². The van der Waals surface area contributed by atoms with Crippen LogP contribution in [-0.2, 0) is 10.0 Å². The van der Waals surface area contributed by atoms with Crippen molar-refractivity contribution in [2.45, 2.75) is 11.3 Å². The highest BCUT2D eigenvalue weighted by atomic mass is 32.2. The van der Waals surface area contributed by atoms with Crippen molar-refractivity contribution >= 4 is 43.0 Å². The molecule has 4 aromatic rings. The topological polar surface area (TPSA) is 72.4 Å². The number of thiazole rings is 1. The van der Waals surface area contributed by atoms with Gasteiger partial charge in [0, 0.05) is 34.9 Å². The Morgan fingerprint density at radius 2 is 1.90 bits per heavy atom. The summed E-state index contributed by atoms with van der Waals surface area (Å²) in [6.45, 7) is 0. The lowest BCUT2D eigenvalue weighted by molar-refractivity contribution is 0.151. The Bertz CT molecular complexity index is 1300. The molecule has 0 radical (unpaired) electrons. The number of alkyl halides is 2. The van der Waals surface area contributed by atoms with Crippen LogP contribution in [0, 0.1) is 0 Å². The first-order valence-electron chi connectivity index (χ1n) is 8.66. The average molecular weight is 447 g/mol. The van der Waals surface area contributed by atoms with Crippen LogP contribution in [0.1, 0.15) is 12.0 Å². The monoisotopic (exact) mass is 447 g/mol. The maximum Gasteiger partial charge on any atom is 0.270 e. The van der Waals surface area contributed by atoms with E-state index in [1.165, 1.54) is 37.6 Å². The third-order valence-corrected chi connectivity index (χ3v) is 6.99. The van der Waals surface area contributed by atoms with Gasteiger partial charge in [-0.15, -0.1) is 11.3 Å². The smallest absolute Gasteiger partial charge is 0.270 e. The zero-order valence-corrected chi connectivity index (χ0v) is 17.2. The van der Waals surface area contributed by atoms with Gasteiger partial charge in [-0.1, -0.05) is 12.1 Å². The van der Waals surface area contributed by atoms with Crippen molar-refractivity contribution in [3.05, 3.63) is 72.0 Å². The lowest BCUT2D eigenvalue weighted by Gasteiger charge is -2.24. The third kappa shape index (κ3) is 3.59. The number of nitrogens with zero attached hydrogens (tertiary/aromatic N) is 3. The largest absolute Gasteiger partial charge is 0.495 e. The maximum atomic E-state index is 13.6. The number of aromatic nitrogens is 2. The molecule has 0 saturated heterocycles. The Balaban J connectivity index is 1.91. The minimum absolute atomic E-state index is 0.00318. The van der Waals surface area contributed by atoms with Crippen LogP contribution in [0.25, 0.3) is 10.8 Å². The van der Waals surface area contributed by atoms with E-state index in [1.54, 1.807) is 29.9 Å². The van der Waals surface area contributed by atoms with Crippen molar-refractivity contribution in [2.75, 3.05) is 11.4 Å². The van der Waals surface area contributed by atoms with E-state index in [0.29, 0.717) is 5.39 Å². The molecule has 0 N–H and O–H groups in total. The molecule has 0 unspecified atom stereocenters. The first-order valence-corrected chi connectivity index (χ1v) is 11.0. The van der Waals surface area contributed by atoms with Crippen molar-refractivity contribution < 1.29 is 21.9 Å². The van der Waals surface area contributed by atoms with Crippen LogP contribution in [0.3, 0.4) is 0 Å². The zero-order valence-electron chi connectivity index (χ0n) is 15.6. The third-order valence-electron chi connectivity index (χ3n) is 4.42. The van der Waals surface area contributed by atoms with Gasteiger partial charge >= 0.3 is 0 Å². The number of hydrogen-bond acceptors (Lipinski definition) is 6. The normalized spacial score (nSPS) is 11.7. The molecular formula is C20H15F2N3O3S2. The summed E-state index contributed by atoms with van der Waals surface area (Å²) in [4.78, 5) is 8.18. The van der Waals surface area contributed by atoms with Gasteiger partial charge in [0.1, 0.15) is 11.4 Å². The summed E-state index contributed by atoms with van der Waals surface area (Å²) in [6, 6.07) is 9.97. The van der Waals surface area contributed by atoms with E-state index < -0.39 is 16.4 Å². The molecule has 2 heterocycles. The molecule has 0 saturated carbocycles. The molecule has 0 aliphatic rings. The SMILES string of the molecule is COc1cc(C(F)F)ccc1N(c1nccs1)S(=O)(=O)c1ccc2cnccc2c1. The van der Waals surface area contributed by atoms with Gasteiger partial charge in [0.05, 0.1) is 12.0 Å². The van der Waals surface area contributed by atoms with E-state index in [9.17, 15) is 17.2 Å². The lowest BCUT2D eigenvalue weighted by atomic mass is 10.2. The van der Waals surface area contributed by atoms with E-state index in [0.717, 1.165) is 27.1 Å². The number of benzene rings is 2. The molecule has 0 bridgehead atoms. The Kier molecular flexibility index (Phi) is 5.35. The summed E-state index contributed by atoms with van der Waals surface area (Å²) in [5.74, 6) is -0.00318. The highest BCUT2D eigenvalue weighted by molar-refractivity contribution is 7.93. The highest BCUT2D eigenvalue weighted by Crippen LogP contribution is 2.41. The Morgan fingerprint density at radius 1 is 1.07 bits per heavy atom. The highest BCUT2D eigenvalue weighted by Gasteiger charge is 2.31. The van der Waals surface area contributed by atoms with Gasteiger partial charge in [-0.05, 0) is 35.7 Å². The number of hydrogen-bond donors (Lipinski definition) is 0. The van der Waals surface area contributed by atoms with Crippen LogP contribution in [-0.4, -0.2) is 25.5 Å². The second-order valence-corrected chi connectivity index (χ2v) is 8.86. The predicted octanol–water partition coefficient (Wildman–Crippen LogP) is 5.16. The van der Waals surface area contributed by atoms with Crippen LogP contribution in [0.15, 0.2) is 71.3 Å².